The monoisotopic (exact) mass is 383 g/mol. The van der Waals surface area contributed by atoms with Gasteiger partial charge in [-0.2, -0.15) is 0 Å². The molecular weight excluding hydrogens is 350 g/mol. The zero-order chi connectivity index (χ0) is 19.8. The maximum absolute atomic E-state index is 5.72. The van der Waals surface area contributed by atoms with Gasteiger partial charge in [-0.15, -0.1) is 0 Å². The largest absolute Gasteiger partial charge is 0.444 e. The first-order chi connectivity index (χ1) is 13.6. The quantitative estimate of drug-likeness (QED) is 0.568. The second-order valence-electron chi connectivity index (χ2n) is 7.58. The number of hydrogen-bond donors (Lipinski definition) is 2. The van der Waals surface area contributed by atoms with Crippen LogP contribution < -0.4 is 10.6 Å². The van der Waals surface area contributed by atoms with Crippen LogP contribution in [0.15, 0.2) is 39.7 Å². The lowest BCUT2D eigenvalue weighted by Crippen LogP contribution is -2.43. The average molecular weight is 384 g/mol. The summed E-state index contributed by atoms with van der Waals surface area (Å²) in [6.07, 6.45) is 3.37. The molecule has 1 aliphatic rings. The SMILES string of the molecule is CN=C(NCCc1ccccc1)NCC1CCN(Cc2nc(C)c(C)o2)CC1. The van der Waals surface area contributed by atoms with Gasteiger partial charge in [0.25, 0.3) is 0 Å². The van der Waals surface area contributed by atoms with Crippen molar-refractivity contribution in [1.29, 1.82) is 0 Å². The summed E-state index contributed by atoms with van der Waals surface area (Å²) in [5.74, 6) is 3.34. The van der Waals surface area contributed by atoms with E-state index in [2.05, 4.69) is 55.8 Å². The lowest BCUT2D eigenvalue weighted by atomic mass is 9.97. The summed E-state index contributed by atoms with van der Waals surface area (Å²) < 4.78 is 5.72. The molecule has 2 N–H and O–H groups in total. The summed E-state index contributed by atoms with van der Waals surface area (Å²) >= 11 is 0. The molecule has 1 saturated heterocycles. The van der Waals surface area contributed by atoms with Gasteiger partial charge in [0.2, 0.25) is 5.89 Å². The molecule has 152 valence electrons. The Bertz CT molecular complexity index is 728. The van der Waals surface area contributed by atoms with Gasteiger partial charge >= 0.3 is 0 Å². The van der Waals surface area contributed by atoms with Crippen LogP contribution >= 0.6 is 0 Å². The molecule has 0 saturated carbocycles. The molecule has 0 aliphatic carbocycles. The Morgan fingerprint density at radius 3 is 2.57 bits per heavy atom. The van der Waals surface area contributed by atoms with E-state index < -0.39 is 0 Å². The predicted octanol–water partition coefficient (Wildman–Crippen LogP) is 2.91. The van der Waals surface area contributed by atoms with Crippen molar-refractivity contribution >= 4 is 5.96 Å². The molecule has 0 amide bonds. The van der Waals surface area contributed by atoms with Crippen LogP contribution in [0.3, 0.4) is 0 Å². The second kappa shape index (κ2) is 10.3. The van der Waals surface area contributed by atoms with Gasteiger partial charge in [0.05, 0.1) is 12.2 Å². The number of guanidine groups is 1. The first-order valence-corrected chi connectivity index (χ1v) is 10.3. The van der Waals surface area contributed by atoms with Crippen LogP contribution in [0.25, 0.3) is 0 Å². The van der Waals surface area contributed by atoms with Crippen LogP contribution in [-0.2, 0) is 13.0 Å². The molecule has 0 unspecified atom stereocenters. The number of nitrogens with zero attached hydrogens (tertiary/aromatic N) is 3. The van der Waals surface area contributed by atoms with Gasteiger partial charge in [-0.1, -0.05) is 30.3 Å². The highest BCUT2D eigenvalue weighted by Gasteiger charge is 2.21. The van der Waals surface area contributed by atoms with Crippen LogP contribution in [-0.4, -0.2) is 49.1 Å². The third kappa shape index (κ3) is 6.09. The number of aliphatic imine (C=N–C) groups is 1. The zero-order valence-corrected chi connectivity index (χ0v) is 17.4. The highest BCUT2D eigenvalue weighted by molar-refractivity contribution is 5.79. The van der Waals surface area contributed by atoms with Crippen LogP contribution in [0.4, 0.5) is 0 Å². The summed E-state index contributed by atoms with van der Waals surface area (Å²) in [6.45, 7) is 8.83. The van der Waals surface area contributed by atoms with E-state index in [0.29, 0.717) is 5.92 Å². The van der Waals surface area contributed by atoms with Crippen molar-refractivity contribution in [2.75, 3.05) is 33.2 Å². The summed E-state index contributed by atoms with van der Waals surface area (Å²) in [7, 11) is 1.83. The molecule has 2 heterocycles. The first-order valence-electron chi connectivity index (χ1n) is 10.3. The molecule has 0 atom stereocenters. The summed E-state index contributed by atoms with van der Waals surface area (Å²) in [6, 6.07) is 10.5. The number of nitrogens with one attached hydrogen (secondary N) is 2. The number of piperidine rings is 1. The number of rotatable bonds is 7. The van der Waals surface area contributed by atoms with Gasteiger partial charge in [0, 0.05) is 20.1 Å². The summed E-state index contributed by atoms with van der Waals surface area (Å²) in [5.41, 5.74) is 2.34. The van der Waals surface area contributed by atoms with Crippen LogP contribution in [0.5, 0.6) is 0 Å². The number of oxazole rings is 1. The van der Waals surface area contributed by atoms with E-state index in [0.717, 1.165) is 62.4 Å². The molecule has 1 aromatic heterocycles. The molecule has 1 fully saturated rings. The fraction of sp³-hybridized carbons (Fsp3) is 0.545. The van der Waals surface area contributed by atoms with Crippen LogP contribution in [0.2, 0.25) is 0 Å². The average Bonchev–Trinajstić information content (AvgIpc) is 3.03. The van der Waals surface area contributed by atoms with E-state index in [-0.39, 0.29) is 0 Å². The maximum atomic E-state index is 5.72. The van der Waals surface area contributed by atoms with Gasteiger partial charge in [-0.05, 0) is 57.7 Å². The number of aromatic nitrogens is 1. The van der Waals surface area contributed by atoms with Gasteiger partial charge in [0.1, 0.15) is 5.76 Å². The minimum absolute atomic E-state index is 0.678. The number of hydrogen-bond acceptors (Lipinski definition) is 4. The minimum Gasteiger partial charge on any atom is -0.444 e. The Morgan fingerprint density at radius 2 is 1.93 bits per heavy atom. The van der Waals surface area contributed by atoms with Crippen molar-refractivity contribution < 1.29 is 4.42 Å². The van der Waals surface area contributed by atoms with Crippen molar-refractivity contribution in [1.82, 2.24) is 20.5 Å². The normalized spacial score (nSPS) is 16.3. The third-order valence-corrected chi connectivity index (χ3v) is 5.47. The molecule has 1 aliphatic heterocycles. The molecule has 2 aromatic rings. The highest BCUT2D eigenvalue weighted by Crippen LogP contribution is 2.19. The Morgan fingerprint density at radius 1 is 1.18 bits per heavy atom. The van der Waals surface area contributed by atoms with Crippen LogP contribution in [0, 0.1) is 19.8 Å². The summed E-state index contributed by atoms with van der Waals surface area (Å²) in [4.78, 5) is 11.3. The third-order valence-electron chi connectivity index (χ3n) is 5.47. The lowest BCUT2D eigenvalue weighted by Gasteiger charge is -2.31. The van der Waals surface area contributed by atoms with Crippen molar-refractivity contribution in [3.05, 3.63) is 53.2 Å². The number of aryl methyl sites for hydroxylation is 2. The molecule has 0 bridgehead atoms. The Balaban J connectivity index is 1.33. The van der Waals surface area contributed by atoms with Gasteiger partial charge < -0.3 is 15.1 Å². The zero-order valence-electron chi connectivity index (χ0n) is 17.4. The van der Waals surface area contributed by atoms with E-state index in [9.17, 15) is 0 Å². The van der Waals surface area contributed by atoms with Gasteiger partial charge in [-0.3, -0.25) is 9.89 Å². The van der Waals surface area contributed by atoms with E-state index >= 15 is 0 Å². The van der Waals surface area contributed by atoms with Crippen molar-refractivity contribution in [2.24, 2.45) is 10.9 Å². The smallest absolute Gasteiger partial charge is 0.208 e. The predicted molar refractivity (Wildman–Crippen MR) is 113 cm³/mol. The minimum atomic E-state index is 0.678. The van der Waals surface area contributed by atoms with E-state index in [1.165, 1.54) is 18.4 Å². The Hall–Kier alpha value is -2.34. The molecule has 1 aromatic carbocycles. The standard InChI is InChI=1S/C22H33N5O/c1-17-18(2)28-21(26-17)16-27-13-10-20(11-14-27)15-25-22(23-3)24-12-9-19-7-5-4-6-8-19/h4-8,20H,9-16H2,1-3H3,(H2,23,24,25). The first kappa shape index (κ1) is 20.4. The van der Waals surface area contributed by atoms with Crippen molar-refractivity contribution in [3.63, 3.8) is 0 Å². The van der Waals surface area contributed by atoms with Gasteiger partial charge in [0.15, 0.2) is 5.96 Å². The van der Waals surface area contributed by atoms with Crippen LogP contribution in [0.1, 0.15) is 35.7 Å². The van der Waals surface area contributed by atoms with Crippen molar-refractivity contribution in [2.45, 2.75) is 39.7 Å². The number of benzene rings is 1. The molecule has 0 spiro atoms. The highest BCUT2D eigenvalue weighted by atomic mass is 16.4. The molecule has 0 radical (unpaired) electrons. The Kier molecular flexibility index (Phi) is 7.48. The topological polar surface area (TPSA) is 65.7 Å². The Labute approximate surface area is 168 Å². The maximum Gasteiger partial charge on any atom is 0.208 e. The number of likely N-dealkylation sites (tertiary alicyclic amines) is 1. The van der Waals surface area contributed by atoms with E-state index in [4.69, 9.17) is 4.42 Å². The molecule has 3 rings (SSSR count). The molecular formula is C22H33N5O. The summed E-state index contributed by atoms with van der Waals surface area (Å²) in [5, 5.41) is 6.90. The lowest BCUT2D eigenvalue weighted by molar-refractivity contribution is 0.164. The van der Waals surface area contributed by atoms with E-state index in [1.54, 1.807) is 0 Å². The van der Waals surface area contributed by atoms with Crippen molar-refractivity contribution in [3.8, 4) is 0 Å². The second-order valence-corrected chi connectivity index (χ2v) is 7.58. The molecule has 6 nitrogen and oxygen atoms in total. The fourth-order valence-electron chi connectivity index (χ4n) is 3.58. The molecule has 28 heavy (non-hydrogen) atoms. The van der Waals surface area contributed by atoms with Gasteiger partial charge in [-0.25, -0.2) is 4.98 Å². The van der Waals surface area contributed by atoms with E-state index in [1.807, 2.05) is 20.9 Å². The molecule has 6 heteroatoms. The fourth-order valence-corrected chi connectivity index (χ4v) is 3.58.